The van der Waals surface area contributed by atoms with Crippen LogP contribution in [0.15, 0.2) is 9.95 Å². The van der Waals surface area contributed by atoms with Crippen molar-refractivity contribution in [2.24, 2.45) is 11.8 Å². The fourth-order valence-electron chi connectivity index (χ4n) is 4.26. The molecule has 0 radical (unpaired) electrons. The molecule has 3 unspecified atom stereocenters. The molecule has 1 amide bonds. The molecule has 31 heavy (non-hydrogen) atoms. The van der Waals surface area contributed by atoms with Crippen LogP contribution in [0.3, 0.4) is 0 Å². The number of nitrogens with one attached hydrogen (secondary N) is 1. The molecule has 8 heteroatoms. The van der Waals surface area contributed by atoms with Crippen molar-refractivity contribution in [3.05, 3.63) is 20.8 Å². The molecule has 1 fully saturated rings. The molecule has 2 aromatic heterocycles. The highest BCUT2D eigenvalue weighted by Crippen LogP contribution is 2.36. The predicted octanol–water partition coefficient (Wildman–Crippen LogP) is 4.01. The van der Waals surface area contributed by atoms with Gasteiger partial charge in [0, 0.05) is 17.5 Å². The van der Waals surface area contributed by atoms with Crippen molar-refractivity contribution in [1.29, 1.82) is 0 Å². The number of hydrogen-bond donors (Lipinski definition) is 1. The average molecular weight is 464 g/mol. The summed E-state index contributed by atoms with van der Waals surface area (Å²) in [6.45, 7) is 9.73. The number of nitrogens with zero attached hydrogens (tertiary/aromatic N) is 2. The van der Waals surface area contributed by atoms with Crippen LogP contribution in [0.1, 0.15) is 57.4 Å². The zero-order chi connectivity index (χ0) is 22.1. The van der Waals surface area contributed by atoms with Gasteiger partial charge in [0.1, 0.15) is 4.83 Å². The van der Waals surface area contributed by atoms with Gasteiger partial charge in [0.15, 0.2) is 5.16 Å². The van der Waals surface area contributed by atoms with Crippen LogP contribution in [-0.2, 0) is 28.9 Å². The number of ether oxygens (including phenoxy) is 1. The van der Waals surface area contributed by atoms with Crippen LogP contribution in [0.5, 0.6) is 0 Å². The molecular weight excluding hydrogens is 430 g/mol. The number of carbonyl (C=O) groups is 1. The highest BCUT2D eigenvalue weighted by atomic mass is 32.2. The van der Waals surface area contributed by atoms with Crippen molar-refractivity contribution >= 4 is 39.2 Å². The average Bonchev–Trinajstić information content (AvgIpc) is 3.35. The molecule has 170 valence electrons. The molecule has 1 N–H and O–H groups in total. The van der Waals surface area contributed by atoms with Gasteiger partial charge in [-0.1, -0.05) is 32.5 Å². The zero-order valence-electron chi connectivity index (χ0n) is 18.9. The van der Waals surface area contributed by atoms with E-state index in [0.29, 0.717) is 23.5 Å². The summed E-state index contributed by atoms with van der Waals surface area (Å²) < 4.78 is 7.59. The SMILES string of the molecule is CC1CCc2c(sc3nc(SCC(=O)NC(C)C(C)C)n(CC4CCCO4)c(=O)c23)C1. The smallest absolute Gasteiger partial charge is 0.263 e. The maximum atomic E-state index is 13.6. The molecule has 3 heterocycles. The Hall–Kier alpha value is -1.38. The number of aryl methyl sites for hydroxylation is 1. The number of thiophene rings is 1. The van der Waals surface area contributed by atoms with Gasteiger partial charge in [0.25, 0.3) is 5.56 Å². The van der Waals surface area contributed by atoms with E-state index in [1.54, 1.807) is 15.9 Å². The van der Waals surface area contributed by atoms with E-state index in [-0.39, 0.29) is 29.4 Å². The van der Waals surface area contributed by atoms with Crippen molar-refractivity contribution in [1.82, 2.24) is 14.9 Å². The van der Waals surface area contributed by atoms with Gasteiger partial charge in [-0.3, -0.25) is 14.2 Å². The molecule has 4 rings (SSSR count). The molecule has 2 aromatic rings. The van der Waals surface area contributed by atoms with Crippen LogP contribution >= 0.6 is 23.1 Å². The first-order valence-electron chi connectivity index (χ1n) is 11.4. The lowest BCUT2D eigenvalue weighted by Gasteiger charge is -2.19. The lowest BCUT2D eigenvalue weighted by atomic mass is 9.89. The number of rotatable bonds is 7. The van der Waals surface area contributed by atoms with E-state index < -0.39 is 0 Å². The van der Waals surface area contributed by atoms with Crippen molar-refractivity contribution in [3.8, 4) is 0 Å². The van der Waals surface area contributed by atoms with Gasteiger partial charge in [0.2, 0.25) is 5.91 Å². The Balaban J connectivity index is 1.65. The zero-order valence-corrected chi connectivity index (χ0v) is 20.5. The van der Waals surface area contributed by atoms with Crippen molar-refractivity contribution in [3.63, 3.8) is 0 Å². The van der Waals surface area contributed by atoms with E-state index in [2.05, 4.69) is 26.1 Å². The summed E-state index contributed by atoms with van der Waals surface area (Å²) in [6, 6.07) is 0.114. The minimum absolute atomic E-state index is 0.0245. The molecule has 0 bridgehead atoms. The molecule has 1 saturated heterocycles. The van der Waals surface area contributed by atoms with Crippen molar-refractivity contribution < 1.29 is 9.53 Å². The van der Waals surface area contributed by atoms with E-state index in [4.69, 9.17) is 9.72 Å². The highest BCUT2D eigenvalue weighted by Gasteiger charge is 2.26. The van der Waals surface area contributed by atoms with Gasteiger partial charge in [-0.25, -0.2) is 4.98 Å². The molecule has 0 saturated carbocycles. The second-order valence-electron chi connectivity index (χ2n) is 9.37. The maximum absolute atomic E-state index is 13.6. The third kappa shape index (κ3) is 5.01. The topological polar surface area (TPSA) is 73.2 Å². The quantitative estimate of drug-likeness (QED) is 0.496. The summed E-state index contributed by atoms with van der Waals surface area (Å²) in [7, 11) is 0. The maximum Gasteiger partial charge on any atom is 0.263 e. The second kappa shape index (κ2) is 9.63. The van der Waals surface area contributed by atoms with Gasteiger partial charge in [0.05, 0.1) is 23.8 Å². The minimum Gasteiger partial charge on any atom is -0.376 e. The lowest BCUT2D eigenvalue weighted by Crippen LogP contribution is -2.37. The Morgan fingerprint density at radius 3 is 2.87 bits per heavy atom. The number of fused-ring (bicyclic) bond motifs is 3. The fourth-order valence-corrected chi connectivity index (χ4v) is 6.50. The molecule has 0 aromatic carbocycles. The van der Waals surface area contributed by atoms with Crippen LogP contribution in [0.2, 0.25) is 0 Å². The number of thioether (sulfide) groups is 1. The third-order valence-electron chi connectivity index (χ3n) is 6.51. The number of amides is 1. The molecule has 3 atom stereocenters. The van der Waals surface area contributed by atoms with Crippen molar-refractivity contribution in [2.75, 3.05) is 12.4 Å². The number of carbonyl (C=O) groups excluding carboxylic acids is 1. The first kappa shape index (κ1) is 22.8. The van der Waals surface area contributed by atoms with Crippen LogP contribution in [-0.4, -0.2) is 40.0 Å². The molecule has 0 spiro atoms. The highest BCUT2D eigenvalue weighted by molar-refractivity contribution is 7.99. The van der Waals surface area contributed by atoms with Crippen LogP contribution in [0, 0.1) is 11.8 Å². The summed E-state index contributed by atoms with van der Waals surface area (Å²) in [4.78, 5) is 33.1. The minimum atomic E-state index is -0.0245. The van der Waals surface area contributed by atoms with E-state index in [9.17, 15) is 9.59 Å². The Labute approximate surface area is 192 Å². The first-order chi connectivity index (χ1) is 14.8. The Bertz CT molecular complexity index is 1010. The fraction of sp³-hybridized carbons (Fsp3) is 0.696. The standard InChI is InChI=1S/C23H33N3O3S2/c1-13(2)15(4)24-19(27)12-30-23-25-21-20(17-8-7-14(3)10-18(17)31-21)22(28)26(23)11-16-6-5-9-29-16/h13-16H,5-12H2,1-4H3,(H,24,27). The number of aromatic nitrogens is 2. The van der Waals surface area contributed by atoms with E-state index >= 15 is 0 Å². The van der Waals surface area contributed by atoms with Crippen LogP contribution < -0.4 is 10.9 Å². The largest absolute Gasteiger partial charge is 0.376 e. The van der Waals surface area contributed by atoms with Gasteiger partial charge >= 0.3 is 0 Å². The van der Waals surface area contributed by atoms with Gasteiger partial charge in [-0.05, 0) is 56.4 Å². The van der Waals surface area contributed by atoms with Gasteiger partial charge in [-0.15, -0.1) is 11.3 Å². The summed E-state index contributed by atoms with van der Waals surface area (Å²) in [5, 5.41) is 4.47. The summed E-state index contributed by atoms with van der Waals surface area (Å²) >= 11 is 3.02. The Morgan fingerprint density at radius 2 is 2.16 bits per heavy atom. The molecule has 1 aliphatic heterocycles. The third-order valence-corrected chi connectivity index (χ3v) is 8.64. The monoisotopic (exact) mass is 463 g/mol. The first-order valence-corrected chi connectivity index (χ1v) is 13.2. The molecule has 1 aliphatic carbocycles. The Kier molecular flexibility index (Phi) is 7.08. The summed E-state index contributed by atoms with van der Waals surface area (Å²) in [5.74, 6) is 1.25. The Morgan fingerprint density at radius 1 is 1.35 bits per heavy atom. The predicted molar refractivity (Wildman–Crippen MR) is 127 cm³/mol. The number of hydrogen-bond acceptors (Lipinski definition) is 6. The molecule has 6 nitrogen and oxygen atoms in total. The van der Waals surface area contributed by atoms with Crippen LogP contribution in [0.25, 0.3) is 10.2 Å². The van der Waals surface area contributed by atoms with Crippen LogP contribution in [0.4, 0.5) is 0 Å². The molecular formula is C23H33N3O3S2. The molecule has 2 aliphatic rings. The lowest BCUT2D eigenvalue weighted by molar-refractivity contribution is -0.119. The normalized spacial score (nSPS) is 22.1. The van der Waals surface area contributed by atoms with E-state index in [0.717, 1.165) is 48.9 Å². The van der Waals surface area contributed by atoms with Gasteiger partial charge < -0.3 is 10.1 Å². The van der Waals surface area contributed by atoms with Crippen molar-refractivity contribution in [2.45, 2.75) is 83.6 Å². The van der Waals surface area contributed by atoms with E-state index in [1.807, 2.05) is 6.92 Å². The second-order valence-corrected chi connectivity index (χ2v) is 11.4. The van der Waals surface area contributed by atoms with Gasteiger partial charge in [-0.2, -0.15) is 0 Å². The van der Waals surface area contributed by atoms with E-state index in [1.165, 1.54) is 22.2 Å². The summed E-state index contributed by atoms with van der Waals surface area (Å²) in [5.41, 5.74) is 1.24. The summed E-state index contributed by atoms with van der Waals surface area (Å²) in [6.07, 6.45) is 5.13.